The van der Waals surface area contributed by atoms with Crippen molar-refractivity contribution in [2.45, 2.75) is 316 Å². The predicted octanol–water partition coefficient (Wildman–Crippen LogP) is 19.0. The Kier molecular flexibility index (Phi) is 42.3. The Morgan fingerprint density at radius 2 is 0.418 bits per heavy atom. The van der Waals surface area contributed by atoms with Gasteiger partial charge in [-0.25, -0.2) is 0 Å². The summed E-state index contributed by atoms with van der Waals surface area (Å²) >= 11 is 0. The van der Waals surface area contributed by atoms with E-state index in [0.29, 0.717) is 6.17 Å². The van der Waals surface area contributed by atoms with E-state index in [2.05, 4.69) is 43.0 Å². The normalized spacial score (nSPS) is 14.3. The second-order valence-electron chi connectivity index (χ2n) is 18.5. The summed E-state index contributed by atoms with van der Waals surface area (Å²) < 4.78 is 0. The maximum atomic E-state index is 2.74. The summed E-state index contributed by atoms with van der Waals surface area (Å²) in [6.07, 6.45) is 70.9. The number of hydrogen-bond donors (Lipinski definition) is 0. The highest BCUT2D eigenvalue weighted by Gasteiger charge is 2.25. The average Bonchev–Trinajstić information content (AvgIpc) is 3.58. The molecular formula is C53H106N2. The molecule has 0 fully saturated rings. The van der Waals surface area contributed by atoms with Gasteiger partial charge in [0.25, 0.3) is 0 Å². The van der Waals surface area contributed by atoms with Crippen molar-refractivity contribution in [3.63, 3.8) is 0 Å². The van der Waals surface area contributed by atoms with Gasteiger partial charge >= 0.3 is 0 Å². The van der Waals surface area contributed by atoms with Crippen LogP contribution in [0.5, 0.6) is 0 Å². The number of nitrogens with zero attached hydrogens (tertiary/aromatic N) is 2. The van der Waals surface area contributed by atoms with E-state index in [9.17, 15) is 0 Å². The topological polar surface area (TPSA) is 6.48 Å². The zero-order valence-corrected chi connectivity index (χ0v) is 38.9. The van der Waals surface area contributed by atoms with Crippen molar-refractivity contribution < 1.29 is 0 Å². The van der Waals surface area contributed by atoms with Gasteiger partial charge in [-0.05, 0) is 25.7 Å². The molecule has 0 saturated heterocycles. The van der Waals surface area contributed by atoms with Crippen LogP contribution in [0.4, 0.5) is 0 Å². The summed E-state index contributed by atoms with van der Waals surface area (Å²) in [6.45, 7) is 9.50. The van der Waals surface area contributed by atoms with Gasteiger partial charge in [-0.15, -0.1) is 0 Å². The molecule has 0 amide bonds. The molecule has 0 radical (unpaired) electrons. The third-order valence-electron chi connectivity index (χ3n) is 13.1. The molecule has 0 spiro atoms. The van der Waals surface area contributed by atoms with E-state index >= 15 is 0 Å². The summed E-state index contributed by atoms with van der Waals surface area (Å²) in [5, 5.41) is 0. The quantitative estimate of drug-likeness (QED) is 0.0569. The van der Waals surface area contributed by atoms with E-state index in [1.165, 1.54) is 302 Å². The SMILES string of the molecule is CCCCCCCCCCCCCCCCCCCC1N(CCCCCCCCCCCC)C=CN1CCCCCCCCCCCCCCCCCCC. The molecule has 0 N–H and O–H groups in total. The minimum atomic E-state index is 0.635. The lowest BCUT2D eigenvalue weighted by Gasteiger charge is -2.33. The van der Waals surface area contributed by atoms with Gasteiger partial charge in [0.05, 0.1) is 0 Å². The average molecular weight is 771 g/mol. The Labute approximate surface area is 350 Å². The molecule has 1 heterocycles. The highest BCUT2D eigenvalue weighted by atomic mass is 15.4. The van der Waals surface area contributed by atoms with Gasteiger partial charge in [-0.1, -0.05) is 284 Å². The number of rotatable bonds is 47. The maximum Gasteiger partial charge on any atom is 0.101 e. The highest BCUT2D eigenvalue weighted by Crippen LogP contribution is 2.24. The Hall–Kier alpha value is -0.660. The van der Waals surface area contributed by atoms with E-state index in [1.807, 2.05) is 0 Å². The van der Waals surface area contributed by atoms with Crippen LogP contribution >= 0.6 is 0 Å². The molecule has 0 saturated carbocycles. The lowest BCUT2D eigenvalue weighted by molar-refractivity contribution is 0.135. The van der Waals surface area contributed by atoms with E-state index in [-0.39, 0.29) is 0 Å². The standard InChI is InChI=1S/C53H106N2/c1-4-7-10-13-16-19-22-24-26-28-30-32-34-36-39-42-45-48-53-54(49-46-43-40-37-21-18-15-12-9-6-3)51-52-55(53)50-47-44-41-38-35-33-31-29-27-25-23-20-17-14-11-8-5-2/h51-53H,4-50H2,1-3H3. The van der Waals surface area contributed by atoms with Crippen molar-refractivity contribution in [1.29, 1.82) is 0 Å². The van der Waals surface area contributed by atoms with Crippen LogP contribution in [0.1, 0.15) is 310 Å². The van der Waals surface area contributed by atoms with Gasteiger partial charge in [0.2, 0.25) is 0 Å². The molecule has 1 rings (SSSR count). The molecule has 0 aliphatic carbocycles. The fraction of sp³-hybridized carbons (Fsp3) is 0.962. The van der Waals surface area contributed by atoms with E-state index in [0.717, 1.165) is 0 Å². The first-order chi connectivity index (χ1) is 27.3. The Bertz CT molecular complexity index is 732. The van der Waals surface area contributed by atoms with Gasteiger partial charge in [0.1, 0.15) is 6.17 Å². The maximum absolute atomic E-state index is 2.74. The highest BCUT2D eigenvalue weighted by molar-refractivity contribution is 4.97. The van der Waals surface area contributed by atoms with Gasteiger partial charge < -0.3 is 9.80 Å². The van der Waals surface area contributed by atoms with Crippen molar-refractivity contribution in [1.82, 2.24) is 9.80 Å². The molecular weight excluding hydrogens is 665 g/mol. The molecule has 1 aliphatic heterocycles. The zero-order valence-electron chi connectivity index (χ0n) is 38.9. The Morgan fingerprint density at radius 1 is 0.236 bits per heavy atom. The molecule has 0 aromatic carbocycles. The monoisotopic (exact) mass is 771 g/mol. The number of hydrogen-bond acceptors (Lipinski definition) is 2. The van der Waals surface area contributed by atoms with Gasteiger partial charge in [-0.3, -0.25) is 0 Å². The zero-order chi connectivity index (χ0) is 39.4. The van der Waals surface area contributed by atoms with E-state index < -0.39 is 0 Å². The van der Waals surface area contributed by atoms with E-state index in [4.69, 9.17) is 0 Å². The summed E-state index contributed by atoms with van der Waals surface area (Å²) in [5.74, 6) is 0. The summed E-state index contributed by atoms with van der Waals surface area (Å²) in [7, 11) is 0. The van der Waals surface area contributed by atoms with Crippen LogP contribution in [0, 0.1) is 0 Å². The van der Waals surface area contributed by atoms with Crippen molar-refractivity contribution >= 4 is 0 Å². The summed E-state index contributed by atoms with van der Waals surface area (Å²) in [6, 6.07) is 0. The van der Waals surface area contributed by atoms with Crippen LogP contribution in [-0.4, -0.2) is 29.1 Å². The second-order valence-corrected chi connectivity index (χ2v) is 18.5. The first-order valence-electron chi connectivity index (χ1n) is 26.5. The summed E-state index contributed by atoms with van der Waals surface area (Å²) in [4.78, 5) is 5.48. The van der Waals surface area contributed by atoms with Crippen LogP contribution < -0.4 is 0 Å². The molecule has 1 atom stereocenters. The van der Waals surface area contributed by atoms with Crippen LogP contribution in [0.3, 0.4) is 0 Å². The second kappa shape index (κ2) is 44.4. The van der Waals surface area contributed by atoms with Crippen LogP contribution in [0.2, 0.25) is 0 Å². The fourth-order valence-corrected chi connectivity index (χ4v) is 9.19. The molecule has 0 bridgehead atoms. The molecule has 55 heavy (non-hydrogen) atoms. The van der Waals surface area contributed by atoms with Crippen molar-refractivity contribution in [3.05, 3.63) is 12.4 Å². The van der Waals surface area contributed by atoms with Gasteiger partial charge in [0.15, 0.2) is 0 Å². The van der Waals surface area contributed by atoms with Gasteiger partial charge in [0, 0.05) is 25.5 Å². The molecule has 1 aliphatic rings. The molecule has 0 aromatic rings. The Morgan fingerprint density at radius 3 is 0.636 bits per heavy atom. The molecule has 2 nitrogen and oxygen atoms in total. The van der Waals surface area contributed by atoms with Crippen molar-refractivity contribution in [2.75, 3.05) is 13.1 Å². The van der Waals surface area contributed by atoms with Crippen LogP contribution in [-0.2, 0) is 0 Å². The minimum Gasteiger partial charge on any atom is -0.356 e. The van der Waals surface area contributed by atoms with Crippen molar-refractivity contribution in [2.24, 2.45) is 0 Å². The third kappa shape index (κ3) is 36.2. The molecule has 1 unspecified atom stereocenters. The first kappa shape index (κ1) is 52.4. The van der Waals surface area contributed by atoms with Crippen molar-refractivity contribution in [3.8, 4) is 0 Å². The minimum absolute atomic E-state index is 0.635. The Balaban J connectivity index is 2.16. The fourth-order valence-electron chi connectivity index (χ4n) is 9.19. The lowest BCUT2D eigenvalue weighted by Crippen LogP contribution is -2.39. The predicted molar refractivity (Wildman–Crippen MR) is 251 cm³/mol. The smallest absolute Gasteiger partial charge is 0.101 e. The summed E-state index contributed by atoms with van der Waals surface area (Å²) in [5.41, 5.74) is 0. The lowest BCUT2D eigenvalue weighted by atomic mass is 10.0. The largest absolute Gasteiger partial charge is 0.356 e. The molecule has 328 valence electrons. The van der Waals surface area contributed by atoms with Crippen LogP contribution in [0.25, 0.3) is 0 Å². The number of unbranched alkanes of at least 4 members (excludes halogenated alkanes) is 41. The molecule has 2 heteroatoms. The van der Waals surface area contributed by atoms with E-state index in [1.54, 1.807) is 0 Å². The first-order valence-corrected chi connectivity index (χ1v) is 26.5. The van der Waals surface area contributed by atoms with Gasteiger partial charge in [-0.2, -0.15) is 0 Å². The molecule has 0 aromatic heterocycles. The van der Waals surface area contributed by atoms with Crippen LogP contribution in [0.15, 0.2) is 12.4 Å². The third-order valence-corrected chi connectivity index (χ3v) is 13.1.